The largest absolute Gasteiger partial charge is 0.336 e. The fraction of sp³-hybridized carbons (Fsp3) is 0.316. The smallest absolute Gasteiger partial charge is 0.254 e. The van der Waals surface area contributed by atoms with Gasteiger partial charge < -0.3 is 10.6 Å². The highest BCUT2D eigenvalue weighted by Crippen LogP contribution is 2.28. The Kier molecular flexibility index (Phi) is 5.45. The van der Waals surface area contributed by atoms with Crippen LogP contribution in [0.3, 0.4) is 0 Å². The number of carbonyl (C=O) groups excluding carboxylic acids is 1. The van der Waals surface area contributed by atoms with E-state index in [1.807, 2.05) is 55.1 Å². The van der Waals surface area contributed by atoms with Gasteiger partial charge in [0.15, 0.2) is 0 Å². The number of hydrogen-bond acceptors (Lipinski definition) is 2. The zero-order valence-corrected chi connectivity index (χ0v) is 14.3. The zero-order valence-electron chi connectivity index (χ0n) is 13.5. The number of nitrogens with zero attached hydrogens (tertiary/aromatic N) is 1. The molecule has 2 aromatic rings. The first-order valence-corrected chi connectivity index (χ1v) is 7.74. The molecule has 0 saturated carbocycles. The third-order valence-corrected chi connectivity index (χ3v) is 4.72. The minimum atomic E-state index is -0.00327. The lowest BCUT2D eigenvalue weighted by Crippen LogP contribution is -2.32. The average Bonchev–Trinajstić information content (AvgIpc) is 2.92. The van der Waals surface area contributed by atoms with Gasteiger partial charge in [-0.25, -0.2) is 0 Å². The van der Waals surface area contributed by atoms with Crippen LogP contribution in [0.2, 0.25) is 0 Å². The van der Waals surface area contributed by atoms with Gasteiger partial charge in [0, 0.05) is 30.6 Å². The molecule has 2 aromatic carbocycles. The number of carbonyl (C=O) groups is 1. The quantitative estimate of drug-likeness (QED) is 0.918. The molecule has 0 spiro atoms. The standard InChI is InChI=1S/C19H22N2O.ClH/c1-13-7-6-10-16(14(13)2)19(22)21-11-17(18(20)12-21)15-8-4-3-5-9-15;/h3-10,17-18H,11-12,20H2,1-2H3;1H/t17-,18+;/m0./s1. The summed E-state index contributed by atoms with van der Waals surface area (Å²) in [6.07, 6.45) is 0. The van der Waals surface area contributed by atoms with Crippen LogP contribution in [0.1, 0.15) is 33.0 Å². The van der Waals surface area contributed by atoms with Crippen LogP contribution in [0.15, 0.2) is 48.5 Å². The van der Waals surface area contributed by atoms with Crippen molar-refractivity contribution in [3.63, 3.8) is 0 Å². The van der Waals surface area contributed by atoms with Crippen molar-refractivity contribution >= 4 is 18.3 Å². The second-order valence-electron chi connectivity index (χ2n) is 6.14. The molecule has 1 amide bonds. The summed E-state index contributed by atoms with van der Waals surface area (Å²) in [5.74, 6) is 0.311. The van der Waals surface area contributed by atoms with E-state index in [9.17, 15) is 4.79 Å². The normalized spacial score (nSPS) is 20.2. The highest BCUT2D eigenvalue weighted by atomic mass is 35.5. The van der Waals surface area contributed by atoms with Gasteiger partial charge in [-0.1, -0.05) is 42.5 Å². The van der Waals surface area contributed by atoms with Gasteiger partial charge in [-0.2, -0.15) is 0 Å². The predicted molar refractivity (Wildman–Crippen MR) is 96.2 cm³/mol. The molecule has 1 aliphatic heterocycles. The van der Waals surface area contributed by atoms with Crippen LogP contribution in [0.4, 0.5) is 0 Å². The van der Waals surface area contributed by atoms with Gasteiger partial charge in [0.1, 0.15) is 0 Å². The lowest BCUT2D eigenvalue weighted by atomic mass is 9.95. The molecule has 1 aliphatic rings. The van der Waals surface area contributed by atoms with Crippen LogP contribution in [0.5, 0.6) is 0 Å². The molecule has 0 bridgehead atoms. The number of nitrogens with two attached hydrogens (primary N) is 1. The predicted octanol–water partition coefficient (Wildman–Crippen LogP) is 3.29. The van der Waals surface area contributed by atoms with Gasteiger partial charge in [-0.3, -0.25) is 4.79 Å². The SMILES string of the molecule is Cc1cccc(C(=O)N2C[C@@H](N)[C@H](c3ccccc3)C2)c1C.Cl. The van der Waals surface area contributed by atoms with Crippen LogP contribution in [-0.4, -0.2) is 29.9 Å². The summed E-state index contributed by atoms with van der Waals surface area (Å²) in [4.78, 5) is 14.7. The van der Waals surface area contributed by atoms with Crippen molar-refractivity contribution in [2.75, 3.05) is 13.1 Å². The highest BCUT2D eigenvalue weighted by Gasteiger charge is 2.34. The van der Waals surface area contributed by atoms with Gasteiger partial charge >= 0.3 is 0 Å². The van der Waals surface area contributed by atoms with Crippen molar-refractivity contribution < 1.29 is 4.79 Å². The van der Waals surface area contributed by atoms with Gasteiger partial charge in [-0.15, -0.1) is 12.4 Å². The second kappa shape index (κ2) is 7.16. The molecule has 2 atom stereocenters. The first kappa shape index (κ1) is 17.5. The average molecular weight is 331 g/mol. The highest BCUT2D eigenvalue weighted by molar-refractivity contribution is 5.96. The Morgan fingerprint density at radius 2 is 1.74 bits per heavy atom. The number of halogens is 1. The molecule has 0 aliphatic carbocycles. The molecule has 0 radical (unpaired) electrons. The summed E-state index contributed by atoms with van der Waals surface area (Å²) in [5, 5.41) is 0. The molecule has 23 heavy (non-hydrogen) atoms. The van der Waals surface area contributed by atoms with E-state index in [4.69, 9.17) is 5.73 Å². The molecule has 0 unspecified atom stereocenters. The van der Waals surface area contributed by atoms with Crippen molar-refractivity contribution in [3.05, 3.63) is 70.8 Å². The number of likely N-dealkylation sites (tertiary alicyclic amines) is 1. The lowest BCUT2D eigenvalue weighted by Gasteiger charge is -2.18. The molecule has 2 N–H and O–H groups in total. The summed E-state index contributed by atoms with van der Waals surface area (Å²) in [5.41, 5.74) is 10.5. The number of hydrogen-bond donors (Lipinski definition) is 1. The molecule has 1 saturated heterocycles. The Bertz CT molecular complexity index is 687. The molecule has 0 aromatic heterocycles. The van der Waals surface area contributed by atoms with E-state index in [1.54, 1.807) is 0 Å². The molecule has 3 nitrogen and oxygen atoms in total. The number of benzene rings is 2. The van der Waals surface area contributed by atoms with E-state index in [2.05, 4.69) is 12.1 Å². The van der Waals surface area contributed by atoms with Gasteiger partial charge in [0.25, 0.3) is 5.91 Å². The first-order chi connectivity index (χ1) is 10.6. The lowest BCUT2D eigenvalue weighted by molar-refractivity contribution is 0.0788. The third kappa shape index (κ3) is 3.41. The fourth-order valence-corrected chi connectivity index (χ4v) is 3.20. The van der Waals surface area contributed by atoms with E-state index in [0.29, 0.717) is 13.1 Å². The van der Waals surface area contributed by atoms with Crippen LogP contribution < -0.4 is 5.73 Å². The fourth-order valence-electron chi connectivity index (χ4n) is 3.20. The number of aryl methyl sites for hydroxylation is 1. The van der Waals surface area contributed by atoms with Gasteiger partial charge in [-0.05, 0) is 36.6 Å². The summed E-state index contributed by atoms with van der Waals surface area (Å²) in [6, 6.07) is 16.1. The van der Waals surface area contributed by atoms with Crippen molar-refractivity contribution in [2.24, 2.45) is 5.73 Å². The van der Waals surface area contributed by atoms with E-state index >= 15 is 0 Å². The maximum absolute atomic E-state index is 12.8. The monoisotopic (exact) mass is 330 g/mol. The molecule has 122 valence electrons. The van der Waals surface area contributed by atoms with Crippen LogP contribution in [0, 0.1) is 13.8 Å². The minimum Gasteiger partial charge on any atom is -0.336 e. The Hall–Kier alpha value is -1.84. The Morgan fingerprint density at radius 1 is 1.04 bits per heavy atom. The Labute approximate surface area is 143 Å². The van der Waals surface area contributed by atoms with Crippen LogP contribution in [-0.2, 0) is 0 Å². The van der Waals surface area contributed by atoms with Gasteiger partial charge in [0.2, 0.25) is 0 Å². The molecular formula is C19H23ClN2O. The zero-order chi connectivity index (χ0) is 15.7. The number of rotatable bonds is 2. The maximum Gasteiger partial charge on any atom is 0.254 e. The third-order valence-electron chi connectivity index (χ3n) is 4.72. The minimum absolute atomic E-state index is 0. The Balaban J connectivity index is 0.00000192. The molecular weight excluding hydrogens is 308 g/mol. The van der Waals surface area contributed by atoms with Crippen LogP contribution in [0.25, 0.3) is 0 Å². The molecule has 3 rings (SSSR count). The summed E-state index contributed by atoms with van der Waals surface area (Å²) >= 11 is 0. The first-order valence-electron chi connectivity index (χ1n) is 7.74. The topological polar surface area (TPSA) is 46.3 Å². The Morgan fingerprint density at radius 3 is 2.43 bits per heavy atom. The van der Waals surface area contributed by atoms with E-state index in [1.165, 1.54) is 5.56 Å². The summed E-state index contributed by atoms with van der Waals surface area (Å²) < 4.78 is 0. The molecule has 4 heteroatoms. The van der Waals surface area contributed by atoms with Crippen molar-refractivity contribution in [3.8, 4) is 0 Å². The van der Waals surface area contributed by atoms with E-state index < -0.39 is 0 Å². The second-order valence-corrected chi connectivity index (χ2v) is 6.14. The van der Waals surface area contributed by atoms with Crippen molar-refractivity contribution in [1.82, 2.24) is 4.90 Å². The van der Waals surface area contributed by atoms with Crippen molar-refractivity contribution in [2.45, 2.75) is 25.8 Å². The molecule has 1 fully saturated rings. The van der Waals surface area contributed by atoms with Gasteiger partial charge in [0.05, 0.1) is 0 Å². The summed E-state index contributed by atoms with van der Waals surface area (Å²) in [6.45, 7) is 5.35. The van der Waals surface area contributed by atoms with Crippen LogP contribution >= 0.6 is 12.4 Å². The number of amides is 1. The van der Waals surface area contributed by atoms with Crippen molar-refractivity contribution in [1.29, 1.82) is 0 Å². The van der Waals surface area contributed by atoms with E-state index in [0.717, 1.165) is 16.7 Å². The summed E-state index contributed by atoms with van der Waals surface area (Å²) in [7, 11) is 0. The van der Waals surface area contributed by atoms with E-state index in [-0.39, 0.29) is 30.3 Å². The maximum atomic E-state index is 12.8. The molecule has 1 heterocycles.